The van der Waals surface area contributed by atoms with Crippen LogP contribution in [0.4, 0.5) is 5.69 Å². The highest BCUT2D eigenvalue weighted by Gasteiger charge is 2.33. The molecule has 0 aliphatic carbocycles. The predicted octanol–water partition coefficient (Wildman–Crippen LogP) is 2.26. The van der Waals surface area contributed by atoms with Crippen molar-refractivity contribution < 1.29 is 28.5 Å². The molecule has 3 rings (SSSR count). The summed E-state index contributed by atoms with van der Waals surface area (Å²) in [5.41, 5.74) is 1.03. The minimum Gasteiger partial charge on any atom is -0.493 e. The molecule has 1 unspecified atom stereocenters. The van der Waals surface area contributed by atoms with Gasteiger partial charge in [-0.25, -0.2) is 0 Å². The van der Waals surface area contributed by atoms with E-state index in [9.17, 15) is 9.59 Å². The summed E-state index contributed by atoms with van der Waals surface area (Å²) in [5.74, 6) is 1.53. The largest absolute Gasteiger partial charge is 0.493 e. The Balaban J connectivity index is 1.75. The van der Waals surface area contributed by atoms with Crippen molar-refractivity contribution in [3.05, 3.63) is 42.0 Å². The van der Waals surface area contributed by atoms with Gasteiger partial charge in [-0.1, -0.05) is 6.07 Å². The maximum absolute atomic E-state index is 12.8. The van der Waals surface area contributed by atoms with E-state index in [1.165, 1.54) is 21.3 Å². The Morgan fingerprint density at radius 3 is 2.34 bits per heavy atom. The summed E-state index contributed by atoms with van der Waals surface area (Å²) >= 11 is 0. The van der Waals surface area contributed by atoms with Gasteiger partial charge in [-0.15, -0.1) is 0 Å². The quantitative estimate of drug-likeness (QED) is 0.767. The second-order valence-corrected chi connectivity index (χ2v) is 6.46. The fraction of sp³-hybridized carbons (Fsp3) is 0.333. The Hall–Kier alpha value is -3.42. The van der Waals surface area contributed by atoms with Crippen LogP contribution in [0.15, 0.2) is 36.4 Å². The van der Waals surface area contributed by atoms with E-state index in [2.05, 4.69) is 5.32 Å². The van der Waals surface area contributed by atoms with Gasteiger partial charge in [0.05, 0.1) is 40.0 Å². The molecule has 1 N–H and O–H groups in total. The first-order valence-electron chi connectivity index (χ1n) is 9.06. The van der Waals surface area contributed by atoms with Crippen LogP contribution in [0.1, 0.15) is 16.8 Å². The zero-order valence-corrected chi connectivity index (χ0v) is 16.9. The number of nitrogens with one attached hydrogen (secondary N) is 1. The first-order chi connectivity index (χ1) is 14.0. The van der Waals surface area contributed by atoms with Crippen molar-refractivity contribution in [3.63, 3.8) is 0 Å². The number of rotatable bonds is 7. The standard InChI is InChI=1S/C21H24N2O6/c1-26-16-9-8-14(11-18(16)28-3)23-12-13(10-19(23)24)22-21(25)15-6-5-7-17(27-2)20(15)29-4/h5-9,11,13H,10,12H2,1-4H3,(H,22,25). The molecule has 2 aromatic carbocycles. The third-order valence-corrected chi connectivity index (χ3v) is 4.79. The summed E-state index contributed by atoms with van der Waals surface area (Å²) < 4.78 is 21.1. The maximum Gasteiger partial charge on any atom is 0.255 e. The number of para-hydroxylation sites is 1. The number of hydrogen-bond donors (Lipinski definition) is 1. The van der Waals surface area contributed by atoms with E-state index in [0.29, 0.717) is 40.8 Å². The van der Waals surface area contributed by atoms with Crippen molar-refractivity contribution in [3.8, 4) is 23.0 Å². The highest BCUT2D eigenvalue weighted by molar-refractivity contribution is 6.00. The van der Waals surface area contributed by atoms with Crippen LogP contribution < -0.4 is 29.2 Å². The first-order valence-corrected chi connectivity index (χ1v) is 9.06. The highest BCUT2D eigenvalue weighted by atomic mass is 16.5. The van der Waals surface area contributed by atoms with Gasteiger partial charge in [0.15, 0.2) is 23.0 Å². The fourth-order valence-electron chi connectivity index (χ4n) is 3.38. The van der Waals surface area contributed by atoms with Gasteiger partial charge < -0.3 is 29.2 Å². The van der Waals surface area contributed by atoms with Crippen LogP contribution in [0.25, 0.3) is 0 Å². The van der Waals surface area contributed by atoms with Gasteiger partial charge in [0.2, 0.25) is 5.91 Å². The molecule has 1 fully saturated rings. The summed E-state index contributed by atoms with van der Waals surface area (Å²) in [6.07, 6.45) is 0.201. The van der Waals surface area contributed by atoms with Crippen LogP contribution in [0.3, 0.4) is 0 Å². The van der Waals surface area contributed by atoms with Gasteiger partial charge >= 0.3 is 0 Å². The summed E-state index contributed by atoms with van der Waals surface area (Å²) in [6, 6.07) is 10.0. The number of hydrogen-bond acceptors (Lipinski definition) is 6. The summed E-state index contributed by atoms with van der Waals surface area (Å²) in [6.45, 7) is 0.354. The Morgan fingerprint density at radius 1 is 0.966 bits per heavy atom. The number of carbonyl (C=O) groups excluding carboxylic acids is 2. The van der Waals surface area contributed by atoms with Crippen molar-refractivity contribution in [2.24, 2.45) is 0 Å². The molecule has 2 amide bonds. The molecule has 0 saturated carbocycles. The molecular weight excluding hydrogens is 376 g/mol. The van der Waals surface area contributed by atoms with Crippen LogP contribution in [-0.4, -0.2) is 52.8 Å². The Bertz CT molecular complexity index is 914. The molecule has 8 heteroatoms. The average molecular weight is 400 g/mol. The Kier molecular flexibility index (Phi) is 6.11. The van der Waals surface area contributed by atoms with Crippen molar-refractivity contribution in [1.82, 2.24) is 5.32 Å². The van der Waals surface area contributed by atoms with Gasteiger partial charge in [-0.3, -0.25) is 9.59 Å². The van der Waals surface area contributed by atoms with Crippen molar-refractivity contribution >= 4 is 17.5 Å². The molecule has 1 atom stereocenters. The SMILES string of the molecule is COc1ccc(N2CC(NC(=O)c3cccc(OC)c3OC)CC2=O)cc1OC. The van der Waals surface area contributed by atoms with E-state index in [1.807, 2.05) is 0 Å². The molecule has 2 aromatic rings. The van der Waals surface area contributed by atoms with E-state index in [1.54, 1.807) is 48.4 Å². The maximum atomic E-state index is 12.8. The number of amides is 2. The third-order valence-electron chi connectivity index (χ3n) is 4.79. The third kappa shape index (κ3) is 4.06. The van der Waals surface area contributed by atoms with Gasteiger partial charge in [-0.2, -0.15) is 0 Å². The van der Waals surface area contributed by atoms with Gasteiger partial charge in [-0.05, 0) is 24.3 Å². The number of methoxy groups -OCH3 is 4. The molecule has 0 radical (unpaired) electrons. The average Bonchev–Trinajstić information content (AvgIpc) is 3.12. The predicted molar refractivity (Wildman–Crippen MR) is 107 cm³/mol. The normalized spacial score (nSPS) is 15.8. The Labute approximate surface area is 169 Å². The van der Waals surface area contributed by atoms with Crippen LogP contribution in [0.5, 0.6) is 23.0 Å². The smallest absolute Gasteiger partial charge is 0.255 e. The zero-order chi connectivity index (χ0) is 21.0. The first kappa shape index (κ1) is 20.3. The molecule has 1 saturated heterocycles. The Morgan fingerprint density at radius 2 is 1.69 bits per heavy atom. The second-order valence-electron chi connectivity index (χ2n) is 6.46. The molecule has 0 aromatic heterocycles. The fourth-order valence-corrected chi connectivity index (χ4v) is 3.38. The van der Waals surface area contributed by atoms with E-state index >= 15 is 0 Å². The molecule has 29 heavy (non-hydrogen) atoms. The van der Waals surface area contributed by atoms with Crippen LogP contribution >= 0.6 is 0 Å². The lowest BCUT2D eigenvalue weighted by Gasteiger charge is -2.19. The lowest BCUT2D eigenvalue weighted by molar-refractivity contribution is -0.117. The molecule has 154 valence electrons. The van der Waals surface area contributed by atoms with Crippen molar-refractivity contribution in [1.29, 1.82) is 0 Å². The van der Waals surface area contributed by atoms with Gasteiger partial charge in [0.25, 0.3) is 5.91 Å². The van der Waals surface area contributed by atoms with Crippen LogP contribution in [0, 0.1) is 0 Å². The van der Waals surface area contributed by atoms with Crippen molar-refractivity contribution in [2.75, 3.05) is 39.9 Å². The minimum atomic E-state index is -0.334. The number of benzene rings is 2. The lowest BCUT2D eigenvalue weighted by atomic mass is 10.1. The summed E-state index contributed by atoms with van der Waals surface area (Å²) in [4.78, 5) is 26.9. The zero-order valence-electron chi connectivity index (χ0n) is 16.9. The molecule has 0 bridgehead atoms. The van der Waals surface area contributed by atoms with Crippen LogP contribution in [0.2, 0.25) is 0 Å². The number of nitrogens with zero attached hydrogens (tertiary/aromatic N) is 1. The number of carbonyl (C=O) groups is 2. The molecular formula is C21H24N2O6. The van der Waals surface area contributed by atoms with E-state index in [0.717, 1.165) is 0 Å². The molecule has 1 aliphatic rings. The molecule has 0 spiro atoms. The second kappa shape index (κ2) is 8.72. The number of ether oxygens (including phenoxy) is 4. The van der Waals surface area contributed by atoms with Crippen molar-refractivity contribution in [2.45, 2.75) is 12.5 Å². The van der Waals surface area contributed by atoms with E-state index < -0.39 is 0 Å². The van der Waals surface area contributed by atoms with E-state index in [-0.39, 0.29) is 24.3 Å². The topological polar surface area (TPSA) is 86.3 Å². The highest BCUT2D eigenvalue weighted by Crippen LogP contribution is 2.34. The lowest BCUT2D eigenvalue weighted by Crippen LogP contribution is -2.37. The molecule has 8 nitrogen and oxygen atoms in total. The van der Waals surface area contributed by atoms with E-state index in [4.69, 9.17) is 18.9 Å². The van der Waals surface area contributed by atoms with Gasteiger partial charge in [0.1, 0.15) is 0 Å². The summed E-state index contributed by atoms with van der Waals surface area (Å²) in [5, 5.41) is 2.91. The molecule has 1 heterocycles. The minimum absolute atomic E-state index is 0.0832. The molecule has 1 aliphatic heterocycles. The summed E-state index contributed by atoms with van der Waals surface area (Å²) in [7, 11) is 6.08. The monoisotopic (exact) mass is 400 g/mol. The van der Waals surface area contributed by atoms with Crippen LogP contribution in [-0.2, 0) is 4.79 Å². The number of anilines is 1. The van der Waals surface area contributed by atoms with Gasteiger partial charge in [0, 0.05) is 24.7 Å².